The molecule has 0 radical (unpaired) electrons. The maximum atomic E-state index is 14.0. The first-order valence-corrected chi connectivity index (χ1v) is 13.1. The van der Waals surface area contributed by atoms with Crippen molar-refractivity contribution in [2.75, 3.05) is 0 Å². The van der Waals surface area contributed by atoms with Crippen molar-refractivity contribution in [2.45, 2.75) is 38.6 Å². The average Bonchev–Trinajstić information content (AvgIpc) is 2.96. The van der Waals surface area contributed by atoms with Gasteiger partial charge in [0, 0.05) is 29.1 Å². The van der Waals surface area contributed by atoms with Gasteiger partial charge in [-0.15, -0.1) is 0 Å². The van der Waals surface area contributed by atoms with E-state index in [2.05, 4.69) is 0 Å². The van der Waals surface area contributed by atoms with E-state index in [0.717, 1.165) is 22.3 Å². The van der Waals surface area contributed by atoms with Crippen molar-refractivity contribution in [2.24, 2.45) is 0 Å². The van der Waals surface area contributed by atoms with Crippen LogP contribution in [0.1, 0.15) is 33.9 Å². The van der Waals surface area contributed by atoms with Crippen LogP contribution in [-0.4, -0.2) is 27.9 Å². The van der Waals surface area contributed by atoms with E-state index in [4.69, 9.17) is 21.1 Å². The van der Waals surface area contributed by atoms with E-state index in [1.165, 1.54) is 4.90 Å². The highest BCUT2D eigenvalue weighted by atomic mass is 35.5. The Hall–Kier alpha value is -4.29. The second-order valence-electron chi connectivity index (χ2n) is 9.51. The number of aliphatic carboxylic acids is 1. The van der Waals surface area contributed by atoms with E-state index in [0.29, 0.717) is 28.7 Å². The summed E-state index contributed by atoms with van der Waals surface area (Å²) in [5.74, 6) is -0.380. The fourth-order valence-electron chi connectivity index (χ4n) is 4.83. The molecule has 0 aliphatic carbocycles. The van der Waals surface area contributed by atoms with Gasteiger partial charge in [0.1, 0.15) is 24.1 Å². The first-order chi connectivity index (χ1) is 18.9. The third-order valence-corrected chi connectivity index (χ3v) is 7.11. The predicted octanol–water partition coefficient (Wildman–Crippen LogP) is 6.39. The lowest BCUT2D eigenvalue weighted by atomic mass is 9.90. The maximum Gasteiger partial charge on any atom is 0.326 e. The fourth-order valence-corrected chi connectivity index (χ4v) is 4.95. The number of carboxylic acids is 1. The van der Waals surface area contributed by atoms with Gasteiger partial charge in [0.05, 0.1) is 0 Å². The summed E-state index contributed by atoms with van der Waals surface area (Å²) in [6, 6.07) is 28.4. The number of amides is 1. The van der Waals surface area contributed by atoms with Gasteiger partial charge in [0.2, 0.25) is 6.10 Å². The number of benzene rings is 4. The molecule has 2 atom stereocenters. The highest BCUT2D eigenvalue weighted by Crippen LogP contribution is 2.36. The van der Waals surface area contributed by atoms with E-state index in [9.17, 15) is 14.7 Å². The Bertz CT molecular complexity index is 1460. The first-order valence-electron chi connectivity index (χ1n) is 12.7. The Labute approximate surface area is 232 Å². The SMILES string of the molecule is Cc1ccc2c(c1OCc1ccccc1)C[C@@H](C(=O)O)N(C(=O)[C@@H](Oc1ccc(Cl)cc1)c1ccccc1)C2. The predicted molar refractivity (Wildman–Crippen MR) is 149 cm³/mol. The minimum atomic E-state index is -1.08. The summed E-state index contributed by atoms with van der Waals surface area (Å²) in [6.45, 7) is 2.43. The quantitative estimate of drug-likeness (QED) is 0.280. The van der Waals surface area contributed by atoms with Crippen LogP contribution in [0.3, 0.4) is 0 Å². The molecule has 7 heteroatoms. The molecule has 6 nitrogen and oxygen atoms in total. The maximum absolute atomic E-state index is 14.0. The van der Waals surface area contributed by atoms with Crippen LogP contribution in [0.25, 0.3) is 0 Å². The van der Waals surface area contributed by atoms with Crippen LogP contribution in [0.5, 0.6) is 11.5 Å². The van der Waals surface area contributed by atoms with Crippen molar-refractivity contribution < 1.29 is 24.2 Å². The topological polar surface area (TPSA) is 76.1 Å². The molecular formula is C32H28ClNO5. The molecule has 4 aromatic rings. The van der Waals surface area contributed by atoms with Crippen molar-refractivity contribution in [3.05, 3.63) is 130 Å². The van der Waals surface area contributed by atoms with Crippen molar-refractivity contribution in [1.29, 1.82) is 0 Å². The lowest BCUT2D eigenvalue weighted by Crippen LogP contribution is -2.51. The number of aryl methyl sites for hydroxylation is 1. The van der Waals surface area contributed by atoms with Crippen molar-refractivity contribution >= 4 is 23.5 Å². The number of carboxylic acid groups (broad SMARTS) is 1. The van der Waals surface area contributed by atoms with Gasteiger partial charge in [-0.1, -0.05) is 84.4 Å². The summed E-state index contributed by atoms with van der Waals surface area (Å²) < 4.78 is 12.4. The first kappa shape index (κ1) is 26.3. The highest BCUT2D eigenvalue weighted by Gasteiger charge is 2.40. The van der Waals surface area contributed by atoms with E-state index in [1.807, 2.05) is 67.6 Å². The average molecular weight is 542 g/mol. The lowest BCUT2D eigenvalue weighted by Gasteiger charge is -2.37. The van der Waals surface area contributed by atoms with Gasteiger partial charge < -0.3 is 19.5 Å². The molecule has 0 fully saturated rings. The second kappa shape index (κ2) is 11.6. The number of hydrogen-bond donors (Lipinski definition) is 1. The molecule has 198 valence electrons. The molecule has 1 heterocycles. The number of ether oxygens (including phenoxy) is 2. The molecule has 0 spiro atoms. The second-order valence-corrected chi connectivity index (χ2v) is 9.95. The summed E-state index contributed by atoms with van der Waals surface area (Å²) in [5.41, 5.74) is 4.23. The Morgan fingerprint density at radius 2 is 1.62 bits per heavy atom. The number of nitrogens with zero attached hydrogens (tertiary/aromatic N) is 1. The van der Waals surface area contributed by atoms with E-state index in [1.54, 1.807) is 36.4 Å². The molecular weight excluding hydrogens is 514 g/mol. The lowest BCUT2D eigenvalue weighted by molar-refractivity contribution is -0.155. The molecule has 5 rings (SSSR count). The third kappa shape index (κ3) is 5.91. The van der Waals surface area contributed by atoms with Crippen LogP contribution < -0.4 is 9.47 Å². The van der Waals surface area contributed by atoms with Crippen molar-refractivity contribution in [1.82, 2.24) is 4.90 Å². The summed E-state index contributed by atoms with van der Waals surface area (Å²) in [5, 5.41) is 10.8. The summed E-state index contributed by atoms with van der Waals surface area (Å²) in [7, 11) is 0. The molecule has 0 saturated heterocycles. The van der Waals surface area contributed by atoms with Gasteiger partial charge >= 0.3 is 5.97 Å². The molecule has 0 unspecified atom stereocenters. The number of halogens is 1. The Kier molecular flexibility index (Phi) is 7.84. The largest absolute Gasteiger partial charge is 0.488 e. The summed E-state index contributed by atoms with van der Waals surface area (Å²) in [6.07, 6.45) is -0.903. The molecule has 1 N–H and O–H groups in total. The van der Waals surface area contributed by atoms with E-state index >= 15 is 0 Å². The zero-order valence-corrected chi connectivity index (χ0v) is 22.2. The Morgan fingerprint density at radius 1 is 0.949 bits per heavy atom. The van der Waals surface area contributed by atoms with E-state index < -0.39 is 24.0 Å². The third-order valence-electron chi connectivity index (χ3n) is 6.86. The van der Waals surface area contributed by atoms with E-state index in [-0.39, 0.29) is 13.0 Å². The molecule has 39 heavy (non-hydrogen) atoms. The smallest absolute Gasteiger partial charge is 0.326 e. The number of carbonyl (C=O) groups is 2. The van der Waals surface area contributed by atoms with Crippen LogP contribution in [0.15, 0.2) is 97.1 Å². The van der Waals surface area contributed by atoms with Gasteiger partial charge in [-0.05, 0) is 47.9 Å². The monoisotopic (exact) mass is 541 g/mol. The van der Waals surface area contributed by atoms with Crippen molar-refractivity contribution in [3.8, 4) is 11.5 Å². The van der Waals surface area contributed by atoms with Crippen LogP contribution in [0.4, 0.5) is 0 Å². The summed E-state index contributed by atoms with van der Waals surface area (Å²) >= 11 is 6.03. The molecule has 1 aliphatic heterocycles. The fraction of sp³-hybridized carbons (Fsp3) is 0.188. The van der Waals surface area contributed by atoms with Crippen LogP contribution >= 0.6 is 11.6 Å². The van der Waals surface area contributed by atoms with Gasteiger partial charge in [-0.25, -0.2) is 4.79 Å². The standard InChI is InChI=1S/C32H28ClNO5/c1-21-12-13-24-19-34(28(32(36)37)18-27(24)29(21)38-20-22-8-4-2-5-9-22)31(35)30(23-10-6-3-7-11-23)39-26-16-14-25(33)15-17-26/h2-17,28,30H,18-20H2,1H3,(H,36,37)/t28-,30-/m0/s1. The van der Waals surface area contributed by atoms with Gasteiger partial charge in [-0.3, -0.25) is 4.79 Å². The Morgan fingerprint density at radius 3 is 2.28 bits per heavy atom. The Balaban J connectivity index is 1.47. The molecule has 1 amide bonds. The normalized spacial score (nSPS) is 15.2. The van der Waals surface area contributed by atoms with Crippen LogP contribution in [0.2, 0.25) is 5.02 Å². The molecule has 0 aromatic heterocycles. The molecule has 1 aliphatic rings. The number of hydrogen-bond acceptors (Lipinski definition) is 4. The van der Waals surface area contributed by atoms with Gasteiger partial charge in [0.15, 0.2) is 0 Å². The molecule has 0 saturated carbocycles. The van der Waals surface area contributed by atoms with Gasteiger partial charge in [0.25, 0.3) is 5.91 Å². The van der Waals surface area contributed by atoms with Gasteiger partial charge in [-0.2, -0.15) is 0 Å². The minimum Gasteiger partial charge on any atom is -0.488 e. The van der Waals surface area contributed by atoms with Crippen LogP contribution in [0, 0.1) is 6.92 Å². The molecule has 0 bridgehead atoms. The zero-order valence-electron chi connectivity index (χ0n) is 21.4. The zero-order chi connectivity index (χ0) is 27.4. The molecule has 4 aromatic carbocycles. The number of fused-ring (bicyclic) bond motifs is 1. The minimum absolute atomic E-state index is 0.125. The number of carbonyl (C=O) groups excluding carboxylic acids is 1. The number of rotatable bonds is 8. The van der Waals surface area contributed by atoms with Crippen molar-refractivity contribution in [3.63, 3.8) is 0 Å². The highest BCUT2D eigenvalue weighted by molar-refractivity contribution is 6.30. The summed E-state index contributed by atoms with van der Waals surface area (Å²) in [4.78, 5) is 28.0. The van der Waals surface area contributed by atoms with Crippen LogP contribution in [-0.2, 0) is 29.2 Å².